The Morgan fingerprint density at radius 1 is 1.16 bits per heavy atom. The highest BCUT2D eigenvalue weighted by atomic mass is 35.5. The van der Waals surface area contributed by atoms with E-state index in [2.05, 4.69) is 0 Å². The van der Waals surface area contributed by atoms with E-state index in [1.165, 1.54) is 6.07 Å². The Hall–Kier alpha value is -1.59. The lowest BCUT2D eigenvalue weighted by atomic mass is 9.73. The van der Waals surface area contributed by atoms with E-state index in [0.29, 0.717) is 17.5 Å². The van der Waals surface area contributed by atoms with E-state index < -0.39 is 23.3 Å². The fraction of sp³-hybridized carbons (Fsp3) is 0.500. The zero-order valence-corrected chi connectivity index (χ0v) is 15.2. The minimum absolute atomic E-state index is 0.0339. The average Bonchev–Trinajstić information content (AvgIpc) is 3.13. The Morgan fingerprint density at radius 3 is 2.24 bits per heavy atom. The standard InChI is InChI=1S/C18H18Cl2O5/c1-18(9-4-2-3-5-9)7-8-6-10(12(16(22)23)17(24)25)13(19)14(20)11(8)15(18)21/h6,9,12H,2-5,7H2,1H3,(H,22,23)(H,24,25). The predicted octanol–water partition coefficient (Wildman–Crippen LogP) is 4.18. The smallest absolute Gasteiger partial charge is 0.322 e. The number of hydrogen-bond donors (Lipinski definition) is 2. The molecule has 1 saturated carbocycles. The maximum Gasteiger partial charge on any atom is 0.322 e. The van der Waals surface area contributed by atoms with Crippen molar-refractivity contribution in [3.63, 3.8) is 0 Å². The van der Waals surface area contributed by atoms with Crippen LogP contribution in [0.15, 0.2) is 6.07 Å². The molecule has 0 radical (unpaired) electrons. The van der Waals surface area contributed by atoms with Crippen LogP contribution in [0.1, 0.15) is 60.0 Å². The summed E-state index contributed by atoms with van der Waals surface area (Å²) in [4.78, 5) is 35.8. The Labute approximate surface area is 154 Å². The molecule has 0 spiro atoms. The van der Waals surface area contributed by atoms with Crippen LogP contribution in [-0.2, 0) is 16.0 Å². The zero-order chi connectivity index (χ0) is 18.5. The molecular formula is C18H18Cl2O5. The van der Waals surface area contributed by atoms with E-state index >= 15 is 0 Å². The Kier molecular flexibility index (Phi) is 4.58. The second kappa shape index (κ2) is 6.29. The second-order valence-electron chi connectivity index (χ2n) is 7.14. The van der Waals surface area contributed by atoms with Crippen molar-refractivity contribution in [3.8, 4) is 0 Å². The monoisotopic (exact) mass is 384 g/mol. The van der Waals surface area contributed by atoms with E-state index in [1.54, 1.807) is 0 Å². The molecular weight excluding hydrogens is 367 g/mol. The number of carboxylic acid groups (broad SMARTS) is 2. The third kappa shape index (κ3) is 2.74. The molecule has 0 heterocycles. The van der Waals surface area contributed by atoms with Crippen molar-refractivity contribution in [2.24, 2.45) is 11.3 Å². The van der Waals surface area contributed by atoms with Gasteiger partial charge < -0.3 is 10.2 Å². The van der Waals surface area contributed by atoms with Gasteiger partial charge in [-0.1, -0.05) is 49.0 Å². The first-order chi connectivity index (χ1) is 11.7. The molecule has 2 aliphatic rings. The van der Waals surface area contributed by atoms with Crippen molar-refractivity contribution in [2.45, 2.75) is 44.9 Å². The number of carbonyl (C=O) groups excluding carboxylic acids is 1. The fourth-order valence-electron chi connectivity index (χ4n) is 4.32. The molecule has 0 saturated heterocycles. The Balaban J connectivity index is 2.12. The van der Waals surface area contributed by atoms with Crippen LogP contribution in [0.2, 0.25) is 10.0 Å². The van der Waals surface area contributed by atoms with Crippen molar-refractivity contribution in [2.75, 3.05) is 0 Å². The number of carbonyl (C=O) groups is 3. The summed E-state index contributed by atoms with van der Waals surface area (Å²) >= 11 is 12.5. The molecule has 2 aliphatic carbocycles. The predicted molar refractivity (Wildman–Crippen MR) is 92.6 cm³/mol. The summed E-state index contributed by atoms with van der Waals surface area (Å²) < 4.78 is 0. The molecule has 1 aromatic rings. The van der Waals surface area contributed by atoms with Gasteiger partial charge in [-0.2, -0.15) is 0 Å². The fourth-order valence-corrected chi connectivity index (χ4v) is 4.90. The molecule has 7 heteroatoms. The summed E-state index contributed by atoms with van der Waals surface area (Å²) in [6.45, 7) is 1.92. The number of fused-ring (bicyclic) bond motifs is 1. The summed E-state index contributed by atoms with van der Waals surface area (Å²) in [5.41, 5.74) is 0.247. The van der Waals surface area contributed by atoms with Crippen molar-refractivity contribution in [3.05, 3.63) is 32.8 Å². The number of rotatable bonds is 4. The van der Waals surface area contributed by atoms with Crippen molar-refractivity contribution < 1.29 is 24.6 Å². The molecule has 0 aromatic heterocycles. The molecule has 0 amide bonds. The van der Waals surface area contributed by atoms with Crippen LogP contribution in [0.25, 0.3) is 0 Å². The highest BCUT2D eigenvalue weighted by Crippen LogP contribution is 2.51. The van der Waals surface area contributed by atoms with Gasteiger partial charge >= 0.3 is 11.9 Å². The highest BCUT2D eigenvalue weighted by molar-refractivity contribution is 6.45. The molecule has 0 bridgehead atoms. The van der Waals surface area contributed by atoms with E-state index in [-0.39, 0.29) is 27.3 Å². The highest BCUT2D eigenvalue weighted by Gasteiger charge is 2.49. The molecule has 0 aliphatic heterocycles. The maximum absolute atomic E-state index is 13.1. The lowest BCUT2D eigenvalue weighted by molar-refractivity contribution is -0.150. The molecule has 25 heavy (non-hydrogen) atoms. The number of halogens is 2. The van der Waals surface area contributed by atoms with Gasteiger partial charge in [0.15, 0.2) is 11.7 Å². The lowest BCUT2D eigenvalue weighted by Crippen LogP contribution is -2.32. The summed E-state index contributed by atoms with van der Waals surface area (Å²) in [5.74, 6) is -4.68. The number of hydrogen-bond acceptors (Lipinski definition) is 3. The number of ketones is 1. The molecule has 3 rings (SSSR count). The minimum Gasteiger partial charge on any atom is -0.480 e. The number of carboxylic acids is 2. The van der Waals surface area contributed by atoms with Crippen LogP contribution in [0, 0.1) is 11.3 Å². The van der Waals surface area contributed by atoms with Crippen LogP contribution >= 0.6 is 23.2 Å². The SMILES string of the molecule is CC1(C2CCCC2)Cc2cc(C(C(=O)O)C(=O)O)c(Cl)c(Cl)c2C1=O. The van der Waals surface area contributed by atoms with Gasteiger partial charge in [-0.3, -0.25) is 14.4 Å². The number of Topliss-reactive ketones (excluding diaryl/α,β-unsaturated/α-hetero) is 1. The van der Waals surface area contributed by atoms with Gasteiger partial charge in [-0.05, 0) is 36.3 Å². The van der Waals surface area contributed by atoms with Crippen molar-refractivity contribution >= 4 is 40.9 Å². The second-order valence-corrected chi connectivity index (χ2v) is 7.90. The molecule has 1 aromatic carbocycles. The molecule has 134 valence electrons. The van der Waals surface area contributed by atoms with Crippen LogP contribution < -0.4 is 0 Å². The third-order valence-corrected chi connectivity index (χ3v) is 6.56. The minimum atomic E-state index is -1.82. The van der Waals surface area contributed by atoms with E-state index in [4.69, 9.17) is 23.2 Å². The Morgan fingerprint density at radius 2 is 1.72 bits per heavy atom. The van der Waals surface area contributed by atoms with E-state index in [1.807, 2.05) is 6.92 Å². The van der Waals surface area contributed by atoms with Crippen LogP contribution in [-0.4, -0.2) is 27.9 Å². The molecule has 5 nitrogen and oxygen atoms in total. The number of benzene rings is 1. The van der Waals surface area contributed by atoms with Crippen molar-refractivity contribution in [1.29, 1.82) is 0 Å². The molecule has 1 atom stereocenters. The van der Waals surface area contributed by atoms with Gasteiger partial charge in [-0.25, -0.2) is 0 Å². The lowest BCUT2D eigenvalue weighted by Gasteiger charge is -2.29. The van der Waals surface area contributed by atoms with Gasteiger partial charge in [-0.15, -0.1) is 0 Å². The van der Waals surface area contributed by atoms with Crippen LogP contribution in [0.4, 0.5) is 0 Å². The van der Waals surface area contributed by atoms with E-state index in [9.17, 15) is 24.6 Å². The first-order valence-corrected chi connectivity index (χ1v) is 8.95. The average molecular weight is 385 g/mol. The van der Waals surface area contributed by atoms with Crippen LogP contribution in [0.3, 0.4) is 0 Å². The quantitative estimate of drug-likeness (QED) is 0.759. The van der Waals surface area contributed by atoms with Crippen molar-refractivity contribution in [1.82, 2.24) is 0 Å². The molecule has 1 unspecified atom stereocenters. The van der Waals surface area contributed by atoms with Gasteiger partial charge in [0.05, 0.1) is 10.0 Å². The topological polar surface area (TPSA) is 91.7 Å². The third-order valence-electron chi connectivity index (χ3n) is 5.68. The first-order valence-electron chi connectivity index (χ1n) is 8.19. The summed E-state index contributed by atoms with van der Waals surface area (Å²) in [6, 6.07) is 1.44. The van der Waals surface area contributed by atoms with Gasteiger partial charge in [0, 0.05) is 11.0 Å². The molecule has 1 fully saturated rings. The first kappa shape index (κ1) is 18.2. The van der Waals surface area contributed by atoms with Gasteiger partial charge in [0.2, 0.25) is 0 Å². The maximum atomic E-state index is 13.1. The summed E-state index contributed by atoms with van der Waals surface area (Å²) in [6.07, 6.45) is 4.55. The number of aliphatic carboxylic acids is 2. The van der Waals surface area contributed by atoms with Crippen LogP contribution in [0.5, 0.6) is 0 Å². The Bertz CT molecular complexity index is 768. The largest absolute Gasteiger partial charge is 0.480 e. The normalized spacial score (nSPS) is 23.3. The zero-order valence-electron chi connectivity index (χ0n) is 13.6. The van der Waals surface area contributed by atoms with Gasteiger partial charge in [0.1, 0.15) is 0 Å². The molecule has 2 N–H and O–H groups in total. The summed E-state index contributed by atoms with van der Waals surface area (Å²) in [7, 11) is 0. The summed E-state index contributed by atoms with van der Waals surface area (Å²) in [5, 5.41) is 18.3. The van der Waals surface area contributed by atoms with Gasteiger partial charge in [0.25, 0.3) is 0 Å². The van der Waals surface area contributed by atoms with E-state index in [0.717, 1.165) is 25.7 Å².